The van der Waals surface area contributed by atoms with Crippen LogP contribution in [0.5, 0.6) is 0 Å². The van der Waals surface area contributed by atoms with Crippen LogP contribution < -0.4 is 16.1 Å². The molecule has 2 rings (SSSR count). The lowest BCUT2D eigenvalue weighted by atomic mass is 10.1. The lowest BCUT2D eigenvalue weighted by molar-refractivity contribution is -0.117. The molecule has 0 atom stereocenters. The van der Waals surface area contributed by atoms with Crippen LogP contribution in [-0.2, 0) is 9.59 Å². The van der Waals surface area contributed by atoms with Gasteiger partial charge in [-0.1, -0.05) is 128 Å². The van der Waals surface area contributed by atoms with E-state index in [0.717, 1.165) is 48.9 Å². The van der Waals surface area contributed by atoms with E-state index >= 15 is 0 Å². The van der Waals surface area contributed by atoms with Crippen molar-refractivity contribution in [1.82, 2.24) is 0 Å². The maximum Gasteiger partial charge on any atom is 0.224 e. The Morgan fingerprint density at radius 3 is 1.40 bits per heavy atom. The molecule has 5 nitrogen and oxygen atoms in total. The Labute approximate surface area is 242 Å². The highest BCUT2D eigenvalue weighted by Gasteiger charge is 2.07. The van der Waals surface area contributed by atoms with Gasteiger partial charge < -0.3 is 10.6 Å². The number of hydrogen-bond acceptors (Lipinski definition) is 3. The molecule has 5 heteroatoms. The molecule has 0 radical (unpaired) electrons. The van der Waals surface area contributed by atoms with Crippen molar-refractivity contribution in [3.05, 3.63) is 58.8 Å². The molecule has 0 saturated heterocycles. The fraction of sp³-hybridized carbons (Fsp3) is 0.571. The van der Waals surface area contributed by atoms with Crippen LogP contribution in [0.4, 0.5) is 11.4 Å². The molecule has 0 spiro atoms. The zero-order valence-electron chi connectivity index (χ0n) is 25.1. The molecule has 2 amide bonds. The molecule has 2 aromatic carbocycles. The molecule has 0 aromatic heterocycles. The van der Waals surface area contributed by atoms with Gasteiger partial charge in [-0.05, 0) is 48.2 Å². The molecular formula is C35H52N2O3. The summed E-state index contributed by atoms with van der Waals surface area (Å²) in [6.07, 6.45) is 20.3. The number of nitrogens with one attached hydrogen (secondary N) is 2. The predicted octanol–water partition coefficient (Wildman–Crippen LogP) is 9.65. The Hall–Kier alpha value is -2.95. The lowest BCUT2D eigenvalue weighted by Gasteiger charge is -2.07. The minimum atomic E-state index is -0.211. The molecule has 2 N–H and O–H groups in total. The van der Waals surface area contributed by atoms with Crippen molar-refractivity contribution in [1.29, 1.82) is 0 Å². The summed E-state index contributed by atoms with van der Waals surface area (Å²) in [5.41, 5.74) is 2.67. The van der Waals surface area contributed by atoms with Crippen molar-refractivity contribution in [2.45, 2.75) is 129 Å². The first-order chi connectivity index (χ1) is 19.5. The third-order valence-electron chi connectivity index (χ3n) is 7.40. The Morgan fingerprint density at radius 1 is 0.500 bits per heavy atom. The van der Waals surface area contributed by atoms with Gasteiger partial charge in [0.15, 0.2) is 0 Å². The summed E-state index contributed by atoms with van der Waals surface area (Å²) < 4.78 is 0. The smallest absolute Gasteiger partial charge is 0.224 e. The van der Waals surface area contributed by atoms with Crippen LogP contribution in [0.3, 0.4) is 0 Å². The summed E-state index contributed by atoms with van der Waals surface area (Å²) in [6.45, 7) is 4.42. The first kappa shape index (κ1) is 33.3. The molecule has 0 aliphatic rings. The fourth-order valence-corrected chi connectivity index (χ4v) is 4.88. The average Bonchev–Trinajstić information content (AvgIpc) is 3.13. The summed E-state index contributed by atoms with van der Waals surface area (Å²) in [6, 6.07) is 14.4. The van der Waals surface area contributed by atoms with Crippen molar-refractivity contribution in [3.63, 3.8) is 0 Å². The number of amides is 2. The third-order valence-corrected chi connectivity index (χ3v) is 7.40. The largest absolute Gasteiger partial charge is 0.326 e. The molecular weight excluding hydrogens is 496 g/mol. The van der Waals surface area contributed by atoms with E-state index in [0.29, 0.717) is 18.5 Å². The van der Waals surface area contributed by atoms with Gasteiger partial charge in [-0.3, -0.25) is 14.4 Å². The van der Waals surface area contributed by atoms with Gasteiger partial charge in [0, 0.05) is 18.5 Å². The predicted molar refractivity (Wildman–Crippen MR) is 170 cm³/mol. The molecule has 220 valence electrons. The van der Waals surface area contributed by atoms with Crippen molar-refractivity contribution in [2.24, 2.45) is 0 Å². The zero-order valence-corrected chi connectivity index (χ0v) is 25.1. The standard InChI is InChI=1S/C35H52N2O3/c1-3-5-7-9-10-11-12-13-14-16-18-19-34(39)36-31-25-21-29(22-26-31)30-23-27-32(33(38)28-24-30)37-35(40)20-17-15-8-6-4-2/h21-28H,3-20H2,1-2H3,(H,36,39)(H,37,38,40). The molecule has 0 bridgehead atoms. The van der Waals surface area contributed by atoms with Gasteiger partial charge in [0.2, 0.25) is 17.2 Å². The number of carbonyl (C=O) groups is 2. The maximum atomic E-state index is 12.5. The first-order valence-electron chi connectivity index (χ1n) is 15.9. The summed E-state index contributed by atoms with van der Waals surface area (Å²) in [5, 5.41) is 5.77. The van der Waals surface area contributed by atoms with Crippen LogP contribution in [0, 0.1) is 0 Å². The van der Waals surface area contributed by atoms with E-state index in [9.17, 15) is 14.4 Å². The summed E-state index contributed by atoms with van der Waals surface area (Å²) in [7, 11) is 0. The maximum absolute atomic E-state index is 12.5. The average molecular weight is 549 g/mol. The SMILES string of the molecule is CCCCCCCCCCCCCC(=O)Nc1ccc(-c2ccc(NC(=O)CCCCCCC)c(=O)cc2)cc1. The highest BCUT2D eigenvalue weighted by Crippen LogP contribution is 2.21. The zero-order chi connectivity index (χ0) is 28.8. The number of carbonyl (C=O) groups excluding carboxylic acids is 2. The van der Waals surface area contributed by atoms with Gasteiger partial charge >= 0.3 is 0 Å². The highest BCUT2D eigenvalue weighted by molar-refractivity contribution is 5.91. The van der Waals surface area contributed by atoms with Gasteiger partial charge in [-0.25, -0.2) is 0 Å². The molecule has 0 saturated carbocycles. The number of rotatable bonds is 21. The second-order valence-corrected chi connectivity index (χ2v) is 11.0. The molecule has 0 aliphatic carbocycles. The van der Waals surface area contributed by atoms with E-state index in [1.54, 1.807) is 12.1 Å². The summed E-state index contributed by atoms with van der Waals surface area (Å²) in [4.78, 5) is 37.1. The molecule has 0 heterocycles. The van der Waals surface area contributed by atoms with E-state index in [2.05, 4.69) is 24.5 Å². The minimum absolute atomic E-state index is 0.0523. The Morgan fingerprint density at radius 2 is 0.900 bits per heavy atom. The molecule has 40 heavy (non-hydrogen) atoms. The monoisotopic (exact) mass is 548 g/mol. The molecule has 0 aliphatic heterocycles. The molecule has 0 unspecified atom stereocenters. The van der Waals surface area contributed by atoms with Crippen molar-refractivity contribution in [3.8, 4) is 11.1 Å². The second-order valence-electron chi connectivity index (χ2n) is 11.0. The summed E-state index contributed by atoms with van der Waals surface area (Å²) in [5.74, 6) is -0.0638. The van der Waals surface area contributed by atoms with Gasteiger partial charge in [0.25, 0.3) is 0 Å². The van der Waals surface area contributed by atoms with E-state index in [1.165, 1.54) is 76.7 Å². The normalized spacial score (nSPS) is 10.8. The summed E-state index contributed by atoms with van der Waals surface area (Å²) >= 11 is 0. The number of hydrogen-bond donors (Lipinski definition) is 2. The Balaban J connectivity index is 1.72. The van der Waals surface area contributed by atoms with Gasteiger partial charge in [-0.2, -0.15) is 0 Å². The van der Waals surface area contributed by atoms with Crippen molar-refractivity contribution >= 4 is 23.2 Å². The van der Waals surface area contributed by atoms with Crippen molar-refractivity contribution < 1.29 is 9.59 Å². The highest BCUT2D eigenvalue weighted by atomic mass is 16.2. The van der Waals surface area contributed by atoms with Gasteiger partial charge in [0.05, 0.1) is 5.69 Å². The van der Waals surface area contributed by atoms with Crippen LogP contribution in [0.2, 0.25) is 0 Å². The second kappa shape index (κ2) is 20.9. The van der Waals surface area contributed by atoms with Crippen LogP contribution in [0.25, 0.3) is 11.1 Å². The van der Waals surface area contributed by atoms with E-state index in [-0.39, 0.29) is 17.2 Å². The van der Waals surface area contributed by atoms with Crippen LogP contribution in [0.1, 0.15) is 129 Å². The van der Waals surface area contributed by atoms with Crippen LogP contribution in [0.15, 0.2) is 53.3 Å². The Kier molecular flexibility index (Phi) is 17.4. The quantitative estimate of drug-likeness (QED) is 0.152. The van der Waals surface area contributed by atoms with Gasteiger partial charge in [-0.15, -0.1) is 0 Å². The molecule has 0 fully saturated rings. The molecule has 2 aromatic rings. The topological polar surface area (TPSA) is 75.3 Å². The number of unbranched alkanes of at least 4 members (excludes halogenated alkanes) is 14. The van der Waals surface area contributed by atoms with Crippen molar-refractivity contribution in [2.75, 3.05) is 10.6 Å². The van der Waals surface area contributed by atoms with Crippen LogP contribution >= 0.6 is 0 Å². The van der Waals surface area contributed by atoms with Crippen LogP contribution in [-0.4, -0.2) is 11.8 Å². The van der Waals surface area contributed by atoms with E-state index in [1.807, 2.05) is 30.3 Å². The van der Waals surface area contributed by atoms with E-state index in [4.69, 9.17) is 0 Å². The number of anilines is 2. The minimum Gasteiger partial charge on any atom is -0.326 e. The third kappa shape index (κ3) is 14.4. The fourth-order valence-electron chi connectivity index (χ4n) is 4.88. The van der Waals surface area contributed by atoms with E-state index < -0.39 is 0 Å². The number of benzene rings is 1. The first-order valence-corrected chi connectivity index (χ1v) is 15.9. The van der Waals surface area contributed by atoms with Gasteiger partial charge in [0.1, 0.15) is 0 Å². The Bertz CT molecular complexity index is 1050. The lowest BCUT2D eigenvalue weighted by Crippen LogP contribution is -2.16.